The number of nitrogens with zero attached hydrogens (tertiary/aromatic N) is 1. The minimum Gasteiger partial charge on any atom is -0.371 e. The average Bonchev–Trinajstić information content (AvgIpc) is 2.78. The van der Waals surface area contributed by atoms with Crippen molar-refractivity contribution < 1.29 is 0 Å². The van der Waals surface area contributed by atoms with Gasteiger partial charge in [0.1, 0.15) is 0 Å². The van der Waals surface area contributed by atoms with Crippen LogP contribution >= 0.6 is 15.9 Å². The molecule has 0 bridgehead atoms. The molecule has 0 radical (unpaired) electrons. The van der Waals surface area contributed by atoms with E-state index in [1.807, 2.05) is 0 Å². The maximum absolute atomic E-state index is 3.59. The lowest BCUT2D eigenvalue weighted by Crippen LogP contribution is -2.23. The van der Waals surface area contributed by atoms with Gasteiger partial charge in [-0.3, -0.25) is 0 Å². The fourth-order valence-electron chi connectivity index (χ4n) is 2.53. The lowest BCUT2D eigenvalue weighted by Gasteiger charge is -2.22. The predicted octanol–water partition coefficient (Wildman–Crippen LogP) is 3.79. The van der Waals surface area contributed by atoms with E-state index in [0.717, 1.165) is 19.0 Å². The summed E-state index contributed by atoms with van der Waals surface area (Å²) in [5.74, 6) is 0.820. The van der Waals surface area contributed by atoms with E-state index >= 15 is 0 Å². The van der Waals surface area contributed by atoms with Crippen molar-refractivity contribution in [3.8, 4) is 0 Å². The highest BCUT2D eigenvalue weighted by Gasteiger charge is 2.20. The molecule has 0 aromatic heterocycles. The number of halogens is 1. The molecule has 1 atom stereocenters. The van der Waals surface area contributed by atoms with Crippen LogP contribution in [-0.4, -0.2) is 19.6 Å². The second-order valence-corrected chi connectivity index (χ2v) is 6.21. The van der Waals surface area contributed by atoms with E-state index in [2.05, 4.69) is 58.2 Å². The number of hydrogen-bond acceptors (Lipinski definition) is 2. The zero-order valence-corrected chi connectivity index (χ0v) is 13.0. The van der Waals surface area contributed by atoms with E-state index in [9.17, 15) is 0 Å². The Bertz CT molecular complexity index is 392. The molecule has 2 nitrogen and oxygen atoms in total. The third kappa shape index (κ3) is 3.48. The average molecular weight is 311 g/mol. The van der Waals surface area contributed by atoms with Crippen LogP contribution in [0.5, 0.6) is 0 Å². The first-order chi connectivity index (χ1) is 8.70. The SMILES string of the molecule is CCCNCc1ccc(Br)cc1N1CCC(C)C1. The number of anilines is 1. The van der Waals surface area contributed by atoms with Gasteiger partial charge < -0.3 is 10.2 Å². The number of benzene rings is 1. The largest absolute Gasteiger partial charge is 0.371 e. The van der Waals surface area contributed by atoms with Gasteiger partial charge in [-0.05, 0) is 43.0 Å². The van der Waals surface area contributed by atoms with Crippen molar-refractivity contribution in [3.05, 3.63) is 28.2 Å². The summed E-state index contributed by atoms with van der Waals surface area (Å²) in [6, 6.07) is 6.65. The van der Waals surface area contributed by atoms with Crippen molar-refractivity contribution in [2.75, 3.05) is 24.5 Å². The summed E-state index contributed by atoms with van der Waals surface area (Å²) in [6.45, 7) is 8.99. The second kappa shape index (κ2) is 6.58. The minimum absolute atomic E-state index is 0.820. The highest BCUT2D eigenvalue weighted by atomic mass is 79.9. The smallest absolute Gasteiger partial charge is 0.0423 e. The summed E-state index contributed by atoms with van der Waals surface area (Å²) in [5, 5.41) is 3.50. The second-order valence-electron chi connectivity index (χ2n) is 5.29. The Morgan fingerprint density at radius 3 is 2.94 bits per heavy atom. The number of hydrogen-bond donors (Lipinski definition) is 1. The zero-order chi connectivity index (χ0) is 13.0. The first-order valence-electron chi connectivity index (χ1n) is 6.94. The first-order valence-corrected chi connectivity index (χ1v) is 7.74. The molecular weight excluding hydrogens is 288 g/mol. The van der Waals surface area contributed by atoms with Crippen LogP contribution in [0.25, 0.3) is 0 Å². The Balaban J connectivity index is 2.13. The molecule has 1 aliphatic heterocycles. The molecule has 1 aliphatic rings. The minimum atomic E-state index is 0.820. The highest BCUT2D eigenvalue weighted by molar-refractivity contribution is 9.10. The molecule has 100 valence electrons. The molecule has 1 heterocycles. The van der Waals surface area contributed by atoms with E-state index in [1.165, 1.54) is 41.7 Å². The normalized spacial score (nSPS) is 19.5. The summed E-state index contributed by atoms with van der Waals surface area (Å²) < 4.78 is 1.18. The number of rotatable bonds is 5. The van der Waals surface area contributed by atoms with Crippen LogP contribution in [0.2, 0.25) is 0 Å². The van der Waals surface area contributed by atoms with E-state index in [1.54, 1.807) is 0 Å². The standard InChI is InChI=1S/C15H23BrN2/c1-3-7-17-10-13-4-5-14(16)9-15(13)18-8-6-12(2)11-18/h4-5,9,12,17H,3,6-8,10-11H2,1-2H3. The number of nitrogens with one attached hydrogen (secondary N) is 1. The topological polar surface area (TPSA) is 15.3 Å². The van der Waals surface area contributed by atoms with Gasteiger partial charge in [-0.2, -0.15) is 0 Å². The summed E-state index contributed by atoms with van der Waals surface area (Å²) in [4.78, 5) is 2.53. The molecule has 0 saturated carbocycles. The van der Waals surface area contributed by atoms with Crippen molar-refractivity contribution >= 4 is 21.6 Å². The van der Waals surface area contributed by atoms with Crippen LogP contribution in [0, 0.1) is 5.92 Å². The molecule has 1 aromatic carbocycles. The maximum Gasteiger partial charge on any atom is 0.0423 e. The Morgan fingerprint density at radius 1 is 1.44 bits per heavy atom. The van der Waals surface area contributed by atoms with Gasteiger partial charge in [0.15, 0.2) is 0 Å². The van der Waals surface area contributed by atoms with Gasteiger partial charge in [0, 0.05) is 29.8 Å². The third-order valence-electron chi connectivity index (χ3n) is 3.55. The molecule has 1 saturated heterocycles. The summed E-state index contributed by atoms with van der Waals surface area (Å²) >= 11 is 3.59. The Hall–Kier alpha value is -0.540. The van der Waals surface area contributed by atoms with Crippen molar-refractivity contribution in [3.63, 3.8) is 0 Å². The highest BCUT2D eigenvalue weighted by Crippen LogP contribution is 2.29. The summed E-state index contributed by atoms with van der Waals surface area (Å²) in [7, 11) is 0. The zero-order valence-electron chi connectivity index (χ0n) is 11.4. The Morgan fingerprint density at radius 2 is 2.28 bits per heavy atom. The summed E-state index contributed by atoms with van der Waals surface area (Å²) in [5.41, 5.74) is 2.82. The third-order valence-corrected chi connectivity index (χ3v) is 4.05. The van der Waals surface area contributed by atoms with Crippen molar-refractivity contribution in [1.82, 2.24) is 5.32 Å². The van der Waals surface area contributed by atoms with Crippen molar-refractivity contribution in [1.29, 1.82) is 0 Å². The van der Waals surface area contributed by atoms with Crippen LogP contribution in [0.15, 0.2) is 22.7 Å². The molecule has 1 fully saturated rings. The molecule has 2 rings (SSSR count). The summed E-state index contributed by atoms with van der Waals surface area (Å²) in [6.07, 6.45) is 2.50. The van der Waals surface area contributed by atoms with E-state index < -0.39 is 0 Å². The lowest BCUT2D eigenvalue weighted by molar-refractivity contribution is 0.657. The molecule has 1 unspecified atom stereocenters. The van der Waals surface area contributed by atoms with Crippen molar-refractivity contribution in [2.45, 2.75) is 33.2 Å². The van der Waals surface area contributed by atoms with Crippen LogP contribution < -0.4 is 10.2 Å². The van der Waals surface area contributed by atoms with E-state index in [0.29, 0.717) is 0 Å². The molecule has 0 spiro atoms. The first kappa shape index (κ1) is 13.9. The van der Waals surface area contributed by atoms with Crippen LogP contribution in [0.3, 0.4) is 0 Å². The predicted molar refractivity (Wildman–Crippen MR) is 82.1 cm³/mol. The van der Waals surface area contributed by atoms with Gasteiger partial charge in [-0.25, -0.2) is 0 Å². The molecule has 0 amide bonds. The van der Waals surface area contributed by atoms with Crippen LogP contribution in [0.1, 0.15) is 32.3 Å². The fraction of sp³-hybridized carbons (Fsp3) is 0.600. The van der Waals surface area contributed by atoms with Gasteiger partial charge in [0.25, 0.3) is 0 Å². The molecular formula is C15H23BrN2. The monoisotopic (exact) mass is 310 g/mol. The van der Waals surface area contributed by atoms with Crippen LogP contribution in [-0.2, 0) is 6.54 Å². The molecule has 0 aliphatic carbocycles. The molecule has 18 heavy (non-hydrogen) atoms. The van der Waals surface area contributed by atoms with Gasteiger partial charge in [0.05, 0.1) is 0 Å². The van der Waals surface area contributed by atoms with E-state index in [4.69, 9.17) is 0 Å². The Kier molecular flexibility index (Phi) is 5.07. The molecule has 1 aromatic rings. The maximum atomic E-state index is 3.59. The lowest BCUT2D eigenvalue weighted by atomic mass is 10.1. The Labute approximate surface area is 119 Å². The molecule has 3 heteroatoms. The van der Waals surface area contributed by atoms with Crippen molar-refractivity contribution in [2.24, 2.45) is 5.92 Å². The van der Waals surface area contributed by atoms with Gasteiger partial charge in [0.2, 0.25) is 0 Å². The van der Waals surface area contributed by atoms with E-state index in [-0.39, 0.29) is 0 Å². The van der Waals surface area contributed by atoms with Gasteiger partial charge in [-0.1, -0.05) is 35.8 Å². The van der Waals surface area contributed by atoms with Crippen LogP contribution in [0.4, 0.5) is 5.69 Å². The fourth-order valence-corrected chi connectivity index (χ4v) is 2.88. The molecule has 1 N–H and O–H groups in total. The van der Waals surface area contributed by atoms with Gasteiger partial charge >= 0.3 is 0 Å². The van der Waals surface area contributed by atoms with Gasteiger partial charge in [-0.15, -0.1) is 0 Å². The quantitative estimate of drug-likeness (QED) is 0.832.